The number of esters is 3. The first kappa shape index (κ1) is 95.7. The Bertz CT molecular complexity index is 6510. The van der Waals surface area contributed by atoms with E-state index in [2.05, 4.69) is 66.3 Å². The molecular formula is C105H88Cl6F2N6O12. The molecule has 0 saturated heterocycles. The van der Waals surface area contributed by atoms with Gasteiger partial charge in [0, 0.05) is 57.3 Å². The van der Waals surface area contributed by atoms with Crippen LogP contribution in [0, 0.1) is 53.2 Å². The van der Waals surface area contributed by atoms with E-state index in [-0.39, 0.29) is 33.5 Å². The van der Waals surface area contributed by atoms with E-state index in [4.69, 9.17) is 83.8 Å². The van der Waals surface area contributed by atoms with Gasteiger partial charge in [-0.25, -0.2) is 37.5 Å². The van der Waals surface area contributed by atoms with Crippen LogP contribution in [0.4, 0.5) is 8.78 Å². The highest BCUT2D eigenvalue weighted by Gasteiger charge is 2.29. The standard InChI is InChI=1S/C18H15ClFNO2.2C18H16ClNO2.C17H13ClFNO2.2C17H14ClNO2/c1-10-5-11(8-15(20)17(10)19)6-12-7-14-13(18(22)23-2)3-4-21-16(14)9-12;2*1-11-7-12(3-4-16(11)19)8-13-9-15-14(18(21)22-2)5-6-20-17(15)10-13;1-9-4-10(7-14(19)16(9)18)5-11-6-13-12(17(21)22)2-3-20-15(13)8-11;2*1-10-6-11(2-3-15(10)18)7-12-8-14-13(17(20)21)4-5-19-16(14)9-12/h3-5,8-9H,6-7H2,1-2H3;2*3-7,10H,8-9H2,1-2H3;2-4,7-8H,5-6H2,1H3,(H,21,22);2*2-6,9H,7-8H2,1H3,(H,20,21). The van der Waals surface area contributed by atoms with E-state index in [1.54, 1.807) is 75.2 Å². The molecule has 6 aliphatic rings. The summed E-state index contributed by atoms with van der Waals surface area (Å²) in [5.74, 6) is -4.58. The van der Waals surface area contributed by atoms with E-state index in [0.29, 0.717) is 83.2 Å². The lowest BCUT2D eigenvalue weighted by molar-refractivity contribution is 0.0590. The molecule has 6 heterocycles. The third-order valence-corrected chi connectivity index (χ3v) is 25.6. The molecule has 6 aliphatic carbocycles. The zero-order chi connectivity index (χ0) is 93.8. The van der Waals surface area contributed by atoms with Crippen molar-refractivity contribution in [1.29, 1.82) is 0 Å². The van der Waals surface area contributed by atoms with Crippen LogP contribution in [-0.2, 0) is 91.3 Å². The summed E-state index contributed by atoms with van der Waals surface area (Å²) < 4.78 is 42.0. The summed E-state index contributed by atoms with van der Waals surface area (Å²) in [7, 11) is 4.15. The largest absolute Gasteiger partial charge is 0.478 e. The van der Waals surface area contributed by atoms with Crippen LogP contribution in [0.5, 0.6) is 0 Å². The molecule has 0 spiro atoms. The first-order valence-electron chi connectivity index (χ1n) is 41.6. The van der Waals surface area contributed by atoms with Gasteiger partial charge in [-0.05, 0) is 328 Å². The van der Waals surface area contributed by atoms with Gasteiger partial charge in [0.1, 0.15) is 11.6 Å². The van der Waals surface area contributed by atoms with Crippen molar-refractivity contribution in [3.8, 4) is 0 Å². The summed E-state index contributed by atoms with van der Waals surface area (Å²) in [6.45, 7) is 11.5. The molecule has 131 heavy (non-hydrogen) atoms. The molecule has 18 nitrogen and oxygen atoms in total. The van der Waals surface area contributed by atoms with Gasteiger partial charge in [0.05, 0.1) is 98.9 Å². The molecule has 3 N–H and O–H groups in total. The number of pyridine rings is 6. The van der Waals surface area contributed by atoms with Crippen molar-refractivity contribution < 1.29 is 67.1 Å². The van der Waals surface area contributed by atoms with Crippen molar-refractivity contribution in [3.05, 3.63) is 414 Å². The number of allylic oxidation sites excluding steroid dienone is 6. The van der Waals surface area contributed by atoms with Crippen LogP contribution in [-0.4, -0.2) is 102 Å². The number of hydrogen-bond donors (Lipinski definition) is 3. The number of ether oxygens (including phenoxy) is 3. The quantitative estimate of drug-likeness (QED) is 0.0532. The first-order valence-corrected chi connectivity index (χ1v) is 43.8. The Hall–Kier alpha value is -12.9. The number of rotatable bonds is 18. The number of carbonyl (C=O) groups excluding carboxylic acids is 3. The van der Waals surface area contributed by atoms with Crippen LogP contribution in [0.2, 0.25) is 30.1 Å². The van der Waals surface area contributed by atoms with Gasteiger partial charge in [0.2, 0.25) is 0 Å². The fraction of sp³-hybridized carbons (Fsp3) is 0.200. The molecule has 0 saturated carbocycles. The molecule has 0 unspecified atom stereocenters. The molecule has 18 rings (SSSR count). The number of carboxylic acids is 3. The summed E-state index contributed by atoms with van der Waals surface area (Å²) >= 11 is 35.9. The van der Waals surface area contributed by atoms with Crippen molar-refractivity contribution >= 4 is 142 Å². The number of carbonyl (C=O) groups is 6. The van der Waals surface area contributed by atoms with Crippen molar-refractivity contribution in [3.63, 3.8) is 0 Å². The van der Waals surface area contributed by atoms with E-state index < -0.39 is 29.5 Å². The summed E-state index contributed by atoms with van der Waals surface area (Å²) in [6, 6.07) is 40.4. The highest BCUT2D eigenvalue weighted by molar-refractivity contribution is 6.33. The molecule has 0 radical (unpaired) electrons. The Balaban J connectivity index is 0.000000134. The Morgan fingerprint density at radius 3 is 0.664 bits per heavy atom. The molecule has 6 aromatic heterocycles. The second-order valence-corrected chi connectivity index (χ2v) is 34.8. The Morgan fingerprint density at radius 2 is 0.473 bits per heavy atom. The molecule has 6 aromatic carbocycles. The van der Waals surface area contributed by atoms with Gasteiger partial charge in [-0.15, -0.1) is 0 Å². The normalized spacial score (nSPS) is 12.9. The lowest BCUT2D eigenvalue weighted by atomic mass is 10.00. The van der Waals surface area contributed by atoms with E-state index in [1.165, 1.54) is 90.3 Å². The third kappa shape index (κ3) is 23.5. The van der Waals surface area contributed by atoms with Gasteiger partial charge in [-0.2, -0.15) is 0 Å². The van der Waals surface area contributed by atoms with Crippen LogP contribution in [0.25, 0.3) is 36.5 Å². The number of aromatic carboxylic acids is 3. The minimum atomic E-state index is -0.957. The Labute approximate surface area is 786 Å². The first-order chi connectivity index (χ1) is 62.7. The lowest BCUT2D eigenvalue weighted by Gasteiger charge is -2.08. The van der Waals surface area contributed by atoms with Crippen molar-refractivity contribution in [2.75, 3.05) is 21.3 Å². The lowest BCUT2D eigenvalue weighted by Crippen LogP contribution is -2.07. The molecule has 0 aliphatic heterocycles. The Kier molecular flexibility index (Phi) is 31.2. The van der Waals surface area contributed by atoms with Gasteiger partial charge in [0.15, 0.2) is 0 Å². The summed E-state index contributed by atoms with van der Waals surface area (Å²) in [5, 5.41) is 31.0. The second kappa shape index (κ2) is 42.8. The Morgan fingerprint density at radius 1 is 0.282 bits per heavy atom. The third-order valence-electron chi connectivity index (χ3n) is 22.9. The average Bonchev–Trinajstić information content (AvgIpc) is 1.68. The van der Waals surface area contributed by atoms with E-state index >= 15 is 0 Å². The number of fused-ring (bicyclic) bond motifs is 6. The molecule has 0 amide bonds. The maximum Gasteiger partial charge on any atom is 0.338 e. The zero-order valence-electron chi connectivity index (χ0n) is 72.8. The minimum absolute atomic E-state index is 0.141. The number of aryl methyl sites for hydroxylation is 6. The summed E-state index contributed by atoms with van der Waals surface area (Å²) in [5.41, 5.74) is 31.5. The second-order valence-electron chi connectivity index (χ2n) is 32.4. The molecule has 666 valence electrons. The fourth-order valence-electron chi connectivity index (χ4n) is 16.6. The number of benzene rings is 6. The summed E-state index contributed by atoms with van der Waals surface area (Å²) in [6.07, 6.45) is 29.7. The van der Waals surface area contributed by atoms with E-state index in [1.807, 2.05) is 113 Å². The summed E-state index contributed by atoms with van der Waals surface area (Å²) in [4.78, 5) is 95.0. The molecule has 12 aromatic rings. The number of carboxylic acid groups (broad SMARTS) is 3. The number of halogens is 8. The van der Waals surface area contributed by atoms with Gasteiger partial charge in [-0.1, -0.05) is 164 Å². The van der Waals surface area contributed by atoms with Gasteiger partial charge < -0.3 is 29.5 Å². The van der Waals surface area contributed by atoms with Crippen molar-refractivity contribution in [1.82, 2.24) is 29.9 Å². The fourth-order valence-corrected chi connectivity index (χ4v) is 17.3. The van der Waals surface area contributed by atoms with Gasteiger partial charge in [-0.3, -0.25) is 29.9 Å². The number of methoxy groups -OCH3 is 3. The number of nitrogens with zero attached hydrogens (tertiary/aromatic N) is 6. The molecule has 26 heteroatoms. The van der Waals surface area contributed by atoms with E-state index in [0.717, 1.165) is 165 Å². The van der Waals surface area contributed by atoms with Crippen LogP contribution >= 0.6 is 69.6 Å². The SMILES string of the molecule is COC(=O)c1ccnc2c1CC(Cc1cc(C)c(Cl)c(F)c1)=C2.COC(=O)c1ccnc2c1CC(Cc1ccc(Cl)c(C)c1)=C2.COC(=O)c1ccnc2c1CC(Cc1ccc(Cl)c(C)c1)=C2.Cc1cc(CC2=Cc3nccc(C(=O)O)c3C2)cc(F)c1Cl.Cc1cc(CC2=Cc3nccc(C(=O)O)c3C2)ccc1Cl.Cc1cc(CC2=Cc3nccc(C(=O)O)c3C2)ccc1Cl. The number of aromatic nitrogens is 6. The highest BCUT2D eigenvalue weighted by atomic mass is 35.5. The maximum atomic E-state index is 13.8. The number of hydrogen-bond acceptors (Lipinski definition) is 15. The predicted molar refractivity (Wildman–Crippen MR) is 510 cm³/mol. The predicted octanol–water partition coefficient (Wildman–Crippen LogP) is 24.1. The van der Waals surface area contributed by atoms with Gasteiger partial charge in [0.25, 0.3) is 0 Å². The topological polar surface area (TPSA) is 268 Å². The van der Waals surface area contributed by atoms with E-state index in [9.17, 15) is 52.9 Å². The molecule has 0 bridgehead atoms. The van der Waals surface area contributed by atoms with Gasteiger partial charge >= 0.3 is 35.8 Å². The molecular weight excluding hydrogens is 1790 g/mol. The zero-order valence-corrected chi connectivity index (χ0v) is 77.4. The van der Waals surface area contributed by atoms with Crippen LogP contribution in [0.1, 0.15) is 196 Å². The average molecular weight is 1880 g/mol. The monoisotopic (exact) mass is 1870 g/mol. The minimum Gasteiger partial charge on any atom is -0.478 e. The van der Waals surface area contributed by atoms with Crippen molar-refractivity contribution in [2.45, 2.75) is 119 Å². The van der Waals surface area contributed by atoms with Crippen molar-refractivity contribution in [2.24, 2.45) is 0 Å². The maximum absolute atomic E-state index is 13.8. The van der Waals surface area contributed by atoms with Crippen LogP contribution < -0.4 is 0 Å². The van der Waals surface area contributed by atoms with Crippen LogP contribution in [0.15, 0.2) is 204 Å². The molecule has 0 fully saturated rings. The van der Waals surface area contributed by atoms with Crippen LogP contribution in [0.3, 0.4) is 0 Å². The smallest absolute Gasteiger partial charge is 0.338 e. The highest BCUT2D eigenvalue weighted by Crippen LogP contribution is 2.38. The molecule has 0 atom stereocenters.